The lowest BCUT2D eigenvalue weighted by atomic mass is 10.2. The van der Waals surface area contributed by atoms with Gasteiger partial charge in [-0.15, -0.1) is 11.3 Å². The summed E-state index contributed by atoms with van der Waals surface area (Å²) in [6, 6.07) is 16.6. The van der Waals surface area contributed by atoms with Gasteiger partial charge in [0.2, 0.25) is 0 Å². The number of thiazole rings is 1. The van der Waals surface area contributed by atoms with E-state index in [4.69, 9.17) is 16.3 Å². The highest BCUT2D eigenvalue weighted by Gasteiger charge is 2.14. The van der Waals surface area contributed by atoms with E-state index in [2.05, 4.69) is 28.3 Å². The zero-order chi connectivity index (χ0) is 21.1. The number of nitrogens with one attached hydrogen (secondary N) is 1. The Balaban J connectivity index is 1.37. The van der Waals surface area contributed by atoms with Crippen LogP contribution in [0.3, 0.4) is 0 Å². The first kappa shape index (κ1) is 20.0. The van der Waals surface area contributed by atoms with Crippen molar-refractivity contribution in [3.8, 4) is 10.6 Å². The lowest BCUT2D eigenvalue weighted by molar-refractivity contribution is -0.119. The van der Waals surface area contributed by atoms with Crippen LogP contribution in [-0.4, -0.2) is 28.5 Å². The molecule has 0 saturated heterocycles. The number of rotatable bonds is 5. The molecule has 0 spiro atoms. The molecule has 4 aromatic rings. The maximum Gasteiger partial charge on any atom is 0.341 e. The number of nitrogens with zero attached hydrogens (tertiary/aromatic N) is 2. The largest absolute Gasteiger partial charge is 0.452 e. The highest BCUT2D eigenvalue weighted by Crippen LogP contribution is 2.31. The van der Waals surface area contributed by atoms with E-state index in [1.54, 1.807) is 29.5 Å². The van der Waals surface area contributed by atoms with E-state index in [0.717, 1.165) is 20.8 Å². The first-order valence-corrected chi connectivity index (χ1v) is 10.2. The molecule has 0 unspecified atom stereocenters. The summed E-state index contributed by atoms with van der Waals surface area (Å²) in [5.74, 6) is -1.16. The third-order valence-electron chi connectivity index (χ3n) is 4.27. The van der Waals surface area contributed by atoms with Crippen LogP contribution in [-0.2, 0) is 9.53 Å². The number of aryl methyl sites for hydroxylation is 1. The average Bonchev–Trinajstić information content (AvgIpc) is 3.16. The zero-order valence-electron chi connectivity index (χ0n) is 15.9. The number of carbonyl (C=O) groups excluding carboxylic acids is 2. The molecule has 0 aliphatic carbocycles. The van der Waals surface area contributed by atoms with Crippen molar-refractivity contribution in [1.82, 2.24) is 9.97 Å². The summed E-state index contributed by atoms with van der Waals surface area (Å²) in [6.07, 6.45) is 1.46. The van der Waals surface area contributed by atoms with E-state index in [0.29, 0.717) is 5.69 Å². The molecule has 2 heterocycles. The van der Waals surface area contributed by atoms with Crippen LogP contribution in [0, 0.1) is 6.92 Å². The second-order valence-electron chi connectivity index (χ2n) is 6.53. The summed E-state index contributed by atoms with van der Waals surface area (Å²) >= 11 is 7.47. The fourth-order valence-corrected chi connectivity index (χ4v) is 4.06. The summed E-state index contributed by atoms with van der Waals surface area (Å²) < 4.78 is 6.13. The van der Waals surface area contributed by atoms with Crippen molar-refractivity contribution < 1.29 is 14.3 Å². The minimum absolute atomic E-state index is 0.0310. The van der Waals surface area contributed by atoms with E-state index in [-0.39, 0.29) is 10.7 Å². The second kappa shape index (κ2) is 8.61. The van der Waals surface area contributed by atoms with E-state index >= 15 is 0 Å². The second-order valence-corrected chi connectivity index (χ2v) is 7.92. The van der Waals surface area contributed by atoms with E-state index in [1.807, 2.05) is 24.3 Å². The lowest BCUT2D eigenvalue weighted by Crippen LogP contribution is -2.21. The Bertz CT molecular complexity index is 1240. The van der Waals surface area contributed by atoms with Crippen LogP contribution < -0.4 is 5.32 Å². The Hall–Kier alpha value is -3.29. The Kier molecular flexibility index (Phi) is 5.74. The van der Waals surface area contributed by atoms with Gasteiger partial charge in [-0.2, -0.15) is 0 Å². The van der Waals surface area contributed by atoms with E-state index in [1.165, 1.54) is 17.8 Å². The molecule has 6 nitrogen and oxygen atoms in total. The number of halogens is 1. The number of amides is 1. The number of hydrogen-bond acceptors (Lipinski definition) is 6. The normalized spacial score (nSPS) is 10.7. The van der Waals surface area contributed by atoms with Gasteiger partial charge in [0, 0.05) is 17.4 Å². The summed E-state index contributed by atoms with van der Waals surface area (Å²) in [4.78, 5) is 32.5. The molecular formula is C22H16ClN3O3S. The predicted octanol–water partition coefficient (Wildman–Crippen LogP) is 5.12. The molecule has 0 radical (unpaired) electrons. The van der Waals surface area contributed by atoms with Gasteiger partial charge in [-0.1, -0.05) is 17.7 Å². The van der Waals surface area contributed by atoms with Gasteiger partial charge in [0.05, 0.1) is 15.8 Å². The molecule has 2 aromatic heterocycles. The standard InChI is InChI=1S/C22H16ClN3O3S/c1-13-4-9-17-18(11-13)30-21(26-17)14-5-7-15(8-6-14)25-19(27)12-29-22(28)16-3-2-10-24-20(16)23/h2-11H,12H2,1H3,(H,25,27). The summed E-state index contributed by atoms with van der Waals surface area (Å²) in [7, 11) is 0. The summed E-state index contributed by atoms with van der Waals surface area (Å²) in [6.45, 7) is 1.63. The molecule has 1 amide bonds. The van der Waals surface area contributed by atoms with Gasteiger partial charge in [0.15, 0.2) is 6.61 Å². The first-order chi connectivity index (χ1) is 14.5. The van der Waals surface area contributed by atoms with Crippen molar-refractivity contribution in [3.63, 3.8) is 0 Å². The van der Waals surface area contributed by atoms with Crippen LogP contribution in [0.25, 0.3) is 20.8 Å². The van der Waals surface area contributed by atoms with Gasteiger partial charge in [-0.3, -0.25) is 4.79 Å². The summed E-state index contributed by atoms with van der Waals surface area (Å²) in [5, 5.41) is 3.64. The van der Waals surface area contributed by atoms with Crippen LogP contribution in [0.2, 0.25) is 5.15 Å². The van der Waals surface area contributed by atoms with Crippen molar-refractivity contribution in [2.45, 2.75) is 6.92 Å². The highest BCUT2D eigenvalue weighted by molar-refractivity contribution is 7.21. The number of esters is 1. The molecule has 0 bridgehead atoms. The first-order valence-electron chi connectivity index (χ1n) is 9.05. The highest BCUT2D eigenvalue weighted by atomic mass is 35.5. The van der Waals surface area contributed by atoms with Gasteiger partial charge >= 0.3 is 5.97 Å². The van der Waals surface area contributed by atoms with Gasteiger partial charge in [-0.05, 0) is 61.0 Å². The van der Waals surface area contributed by atoms with Gasteiger partial charge in [-0.25, -0.2) is 14.8 Å². The molecule has 2 aromatic carbocycles. The van der Waals surface area contributed by atoms with Crippen LogP contribution in [0.5, 0.6) is 0 Å². The number of fused-ring (bicyclic) bond motifs is 1. The van der Waals surface area contributed by atoms with Crippen molar-refractivity contribution >= 4 is 50.7 Å². The molecule has 0 aliphatic rings. The van der Waals surface area contributed by atoms with Crippen LogP contribution in [0.15, 0.2) is 60.8 Å². The molecule has 0 fully saturated rings. The van der Waals surface area contributed by atoms with Crippen LogP contribution >= 0.6 is 22.9 Å². The van der Waals surface area contributed by atoms with Gasteiger partial charge < -0.3 is 10.1 Å². The lowest BCUT2D eigenvalue weighted by Gasteiger charge is -2.07. The average molecular weight is 438 g/mol. The zero-order valence-corrected chi connectivity index (χ0v) is 17.5. The monoisotopic (exact) mass is 437 g/mol. The predicted molar refractivity (Wildman–Crippen MR) is 118 cm³/mol. The fraction of sp³-hybridized carbons (Fsp3) is 0.0909. The topological polar surface area (TPSA) is 81.2 Å². The van der Waals surface area contributed by atoms with Crippen molar-refractivity contribution in [2.24, 2.45) is 0 Å². The Morgan fingerprint density at radius 1 is 1.13 bits per heavy atom. The molecule has 8 heteroatoms. The number of ether oxygens (including phenoxy) is 1. The molecule has 0 atom stereocenters. The fourth-order valence-electron chi connectivity index (χ4n) is 2.80. The SMILES string of the molecule is Cc1ccc2nc(-c3ccc(NC(=O)COC(=O)c4cccnc4Cl)cc3)sc2c1. The number of benzene rings is 2. The molecular weight excluding hydrogens is 422 g/mol. The Morgan fingerprint density at radius 2 is 1.93 bits per heavy atom. The third-order valence-corrected chi connectivity index (χ3v) is 5.64. The maximum absolute atomic E-state index is 12.1. The van der Waals surface area contributed by atoms with Crippen molar-refractivity contribution in [1.29, 1.82) is 0 Å². The van der Waals surface area contributed by atoms with Crippen LogP contribution in [0.4, 0.5) is 5.69 Å². The smallest absolute Gasteiger partial charge is 0.341 e. The minimum Gasteiger partial charge on any atom is -0.452 e. The van der Waals surface area contributed by atoms with Crippen molar-refractivity contribution in [3.05, 3.63) is 77.1 Å². The number of carbonyl (C=O) groups is 2. The molecule has 0 saturated carbocycles. The van der Waals surface area contributed by atoms with E-state index < -0.39 is 18.5 Å². The molecule has 1 N–H and O–H groups in total. The van der Waals surface area contributed by atoms with Gasteiger partial charge in [0.25, 0.3) is 5.91 Å². The summed E-state index contributed by atoms with van der Waals surface area (Å²) in [5.41, 5.74) is 3.83. The van der Waals surface area contributed by atoms with Crippen molar-refractivity contribution in [2.75, 3.05) is 11.9 Å². The Labute approximate surface area is 181 Å². The number of aromatic nitrogens is 2. The Morgan fingerprint density at radius 3 is 2.70 bits per heavy atom. The van der Waals surface area contributed by atoms with Gasteiger partial charge in [0.1, 0.15) is 10.2 Å². The third kappa shape index (κ3) is 4.48. The number of anilines is 1. The maximum atomic E-state index is 12.1. The molecule has 150 valence electrons. The molecule has 30 heavy (non-hydrogen) atoms. The minimum atomic E-state index is -0.704. The molecule has 0 aliphatic heterocycles. The van der Waals surface area contributed by atoms with E-state index in [9.17, 15) is 9.59 Å². The quantitative estimate of drug-likeness (QED) is 0.346. The number of hydrogen-bond donors (Lipinski definition) is 1. The molecule has 4 rings (SSSR count). The van der Waals surface area contributed by atoms with Crippen LogP contribution in [0.1, 0.15) is 15.9 Å². The number of pyridine rings is 1.